The Kier molecular flexibility index (Phi) is 5.50. The molecule has 0 amide bonds. The highest BCUT2D eigenvalue weighted by atomic mass is 16.5. The number of fused-ring (bicyclic) bond motifs is 1. The molecule has 2 heteroatoms. The number of benzene rings is 3. The minimum Gasteiger partial charge on any atom is -0.494 e. The van der Waals surface area contributed by atoms with Crippen molar-refractivity contribution in [3.8, 4) is 5.75 Å². The summed E-state index contributed by atoms with van der Waals surface area (Å²) in [6.45, 7) is 3.47. The zero-order valence-corrected chi connectivity index (χ0v) is 14.2. The van der Waals surface area contributed by atoms with E-state index in [0.717, 1.165) is 25.2 Å². The van der Waals surface area contributed by atoms with Crippen LogP contribution in [0.3, 0.4) is 0 Å². The van der Waals surface area contributed by atoms with Crippen LogP contribution in [-0.2, 0) is 0 Å². The maximum Gasteiger partial charge on any atom is 0.119 e. The minimum atomic E-state index is 0.372. The number of rotatable bonds is 7. The van der Waals surface area contributed by atoms with E-state index in [9.17, 15) is 0 Å². The third kappa shape index (κ3) is 3.95. The fourth-order valence-corrected chi connectivity index (χ4v) is 3.23. The summed E-state index contributed by atoms with van der Waals surface area (Å²) < 4.78 is 5.86. The van der Waals surface area contributed by atoms with E-state index < -0.39 is 0 Å². The molecule has 124 valence electrons. The van der Waals surface area contributed by atoms with Gasteiger partial charge in [-0.1, -0.05) is 54.6 Å². The molecule has 2 nitrogen and oxygen atoms in total. The van der Waals surface area contributed by atoms with Crippen LogP contribution in [0.5, 0.6) is 5.75 Å². The molecular weight excluding hydrogens is 294 g/mol. The standard InChI is InChI=1S/C22H25NO/c1-17-7-4-11-20(15-17)24-14-6-10-19(16-23)22-13-5-9-18-8-2-3-12-21(18)22/h2-5,7-9,11-13,15,19H,6,10,14,16,23H2,1H3. The molecule has 3 aromatic rings. The van der Waals surface area contributed by atoms with Crippen molar-refractivity contribution >= 4 is 10.8 Å². The van der Waals surface area contributed by atoms with Crippen LogP contribution in [0.15, 0.2) is 66.7 Å². The molecule has 0 aliphatic heterocycles. The smallest absolute Gasteiger partial charge is 0.119 e. The molecule has 0 saturated heterocycles. The van der Waals surface area contributed by atoms with Crippen LogP contribution >= 0.6 is 0 Å². The summed E-state index contributed by atoms with van der Waals surface area (Å²) in [4.78, 5) is 0. The Labute approximate surface area is 144 Å². The molecule has 24 heavy (non-hydrogen) atoms. The van der Waals surface area contributed by atoms with Crippen molar-refractivity contribution < 1.29 is 4.74 Å². The second-order valence-corrected chi connectivity index (χ2v) is 6.31. The molecule has 0 spiro atoms. The van der Waals surface area contributed by atoms with Gasteiger partial charge in [0, 0.05) is 0 Å². The molecular formula is C22H25NO. The molecule has 1 atom stereocenters. The van der Waals surface area contributed by atoms with Gasteiger partial charge >= 0.3 is 0 Å². The molecule has 0 saturated carbocycles. The third-order valence-electron chi connectivity index (χ3n) is 4.50. The first-order valence-corrected chi connectivity index (χ1v) is 8.65. The van der Waals surface area contributed by atoms with Crippen molar-refractivity contribution in [2.45, 2.75) is 25.7 Å². The van der Waals surface area contributed by atoms with E-state index in [4.69, 9.17) is 10.5 Å². The SMILES string of the molecule is Cc1cccc(OCCCC(CN)c2cccc3ccccc23)c1. The Morgan fingerprint density at radius 1 is 0.958 bits per heavy atom. The lowest BCUT2D eigenvalue weighted by molar-refractivity contribution is 0.301. The van der Waals surface area contributed by atoms with Crippen LogP contribution in [0, 0.1) is 6.92 Å². The van der Waals surface area contributed by atoms with Crippen LogP contribution in [0.1, 0.15) is 29.9 Å². The molecule has 2 N–H and O–H groups in total. The Morgan fingerprint density at radius 2 is 1.75 bits per heavy atom. The summed E-state index contributed by atoms with van der Waals surface area (Å²) in [7, 11) is 0. The summed E-state index contributed by atoms with van der Waals surface area (Å²) in [5, 5.41) is 2.60. The van der Waals surface area contributed by atoms with Gasteiger partial charge in [-0.05, 0) is 66.3 Å². The van der Waals surface area contributed by atoms with Gasteiger partial charge in [0.25, 0.3) is 0 Å². The molecule has 0 heterocycles. The molecule has 0 fully saturated rings. The van der Waals surface area contributed by atoms with Crippen molar-refractivity contribution in [3.63, 3.8) is 0 Å². The molecule has 0 radical (unpaired) electrons. The molecule has 1 unspecified atom stereocenters. The summed E-state index contributed by atoms with van der Waals surface area (Å²) in [5.74, 6) is 1.32. The van der Waals surface area contributed by atoms with Crippen molar-refractivity contribution in [2.75, 3.05) is 13.2 Å². The lowest BCUT2D eigenvalue weighted by Crippen LogP contribution is -2.14. The minimum absolute atomic E-state index is 0.372. The van der Waals surface area contributed by atoms with E-state index in [-0.39, 0.29) is 0 Å². The van der Waals surface area contributed by atoms with Crippen LogP contribution in [-0.4, -0.2) is 13.2 Å². The lowest BCUT2D eigenvalue weighted by Gasteiger charge is -2.18. The number of aryl methyl sites for hydroxylation is 1. The first-order valence-electron chi connectivity index (χ1n) is 8.65. The highest BCUT2D eigenvalue weighted by Crippen LogP contribution is 2.28. The Balaban J connectivity index is 1.62. The van der Waals surface area contributed by atoms with Gasteiger partial charge in [0.15, 0.2) is 0 Å². The van der Waals surface area contributed by atoms with Gasteiger partial charge < -0.3 is 10.5 Å². The van der Waals surface area contributed by atoms with Crippen LogP contribution in [0.25, 0.3) is 10.8 Å². The Hall–Kier alpha value is -2.32. The summed E-state index contributed by atoms with van der Waals surface area (Å²) in [6, 6.07) is 23.2. The van der Waals surface area contributed by atoms with Crippen molar-refractivity contribution in [1.29, 1.82) is 0 Å². The fraction of sp³-hybridized carbons (Fsp3) is 0.273. The molecule has 0 bridgehead atoms. The van der Waals surface area contributed by atoms with Gasteiger partial charge in [-0.25, -0.2) is 0 Å². The van der Waals surface area contributed by atoms with Gasteiger partial charge in [0.05, 0.1) is 6.61 Å². The van der Waals surface area contributed by atoms with E-state index >= 15 is 0 Å². The lowest BCUT2D eigenvalue weighted by atomic mass is 9.90. The first-order chi connectivity index (χ1) is 11.8. The van der Waals surface area contributed by atoms with E-state index in [0.29, 0.717) is 12.5 Å². The first kappa shape index (κ1) is 16.5. The van der Waals surface area contributed by atoms with Gasteiger partial charge in [0.2, 0.25) is 0 Å². The molecule has 0 aromatic heterocycles. The maximum atomic E-state index is 6.07. The predicted octanol–water partition coefficient (Wildman–Crippen LogP) is 5.05. The van der Waals surface area contributed by atoms with Gasteiger partial charge in [0.1, 0.15) is 5.75 Å². The number of hydrogen-bond acceptors (Lipinski definition) is 2. The van der Waals surface area contributed by atoms with Crippen LogP contribution in [0.2, 0.25) is 0 Å². The predicted molar refractivity (Wildman–Crippen MR) is 102 cm³/mol. The van der Waals surface area contributed by atoms with E-state index in [1.54, 1.807) is 0 Å². The number of ether oxygens (including phenoxy) is 1. The molecule has 0 aliphatic carbocycles. The topological polar surface area (TPSA) is 35.2 Å². The highest BCUT2D eigenvalue weighted by molar-refractivity contribution is 5.86. The van der Waals surface area contributed by atoms with Crippen molar-refractivity contribution in [3.05, 3.63) is 77.9 Å². The van der Waals surface area contributed by atoms with Gasteiger partial charge in [-0.2, -0.15) is 0 Å². The Bertz CT molecular complexity index is 791. The second-order valence-electron chi connectivity index (χ2n) is 6.31. The molecule has 3 rings (SSSR count). The summed E-state index contributed by atoms with van der Waals surface area (Å²) >= 11 is 0. The fourth-order valence-electron chi connectivity index (χ4n) is 3.23. The van der Waals surface area contributed by atoms with E-state index in [1.165, 1.54) is 21.9 Å². The largest absolute Gasteiger partial charge is 0.494 e. The van der Waals surface area contributed by atoms with Crippen LogP contribution in [0.4, 0.5) is 0 Å². The average Bonchev–Trinajstić information content (AvgIpc) is 2.62. The number of hydrogen-bond donors (Lipinski definition) is 1. The van der Waals surface area contributed by atoms with Gasteiger partial charge in [-0.15, -0.1) is 0 Å². The van der Waals surface area contributed by atoms with E-state index in [1.807, 2.05) is 12.1 Å². The Morgan fingerprint density at radius 3 is 2.58 bits per heavy atom. The normalized spacial score (nSPS) is 12.2. The van der Waals surface area contributed by atoms with E-state index in [2.05, 4.69) is 61.5 Å². The maximum absolute atomic E-state index is 6.07. The molecule has 0 aliphatic rings. The average molecular weight is 319 g/mol. The van der Waals surface area contributed by atoms with Crippen molar-refractivity contribution in [1.82, 2.24) is 0 Å². The quantitative estimate of drug-likeness (QED) is 0.618. The summed E-state index contributed by atoms with van der Waals surface area (Å²) in [5.41, 5.74) is 8.65. The zero-order valence-electron chi connectivity index (χ0n) is 14.2. The second kappa shape index (κ2) is 7.98. The third-order valence-corrected chi connectivity index (χ3v) is 4.50. The number of nitrogens with two attached hydrogens (primary N) is 1. The monoisotopic (exact) mass is 319 g/mol. The van der Waals surface area contributed by atoms with Crippen molar-refractivity contribution in [2.24, 2.45) is 5.73 Å². The zero-order chi connectivity index (χ0) is 16.8. The summed E-state index contributed by atoms with van der Waals surface area (Å²) in [6.07, 6.45) is 2.04. The highest BCUT2D eigenvalue weighted by Gasteiger charge is 2.12. The van der Waals surface area contributed by atoms with Gasteiger partial charge in [-0.3, -0.25) is 0 Å². The van der Waals surface area contributed by atoms with Crippen LogP contribution < -0.4 is 10.5 Å². The molecule has 3 aromatic carbocycles.